The summed E-state index contributed by atoms with van der Waals surface area (Å²) in [6.45, 7) is 3.27. The predicted molar refractivity (Wildman–Crippen MR) is 102 cm³/mol. The molecule has 0 bridgehead atoms. The molecule has 0 amide bonds. The third kappa shape index (κ3) is 3.88. The highest BCUT2D eigenvalue weighted by atomic mass is 32.1. The molecular formula is C18H19N3O3S. The van der Waals surface area contributed by atoms with Gasteiger partial charge in [0, 0.05) is 49.6 Å². The number of hydrogen-bond donors (Lipinski definition) is 0. The Hall–Kier alpha value is -2.67. The number of non-ortho nitro benzene ring substituents is 1. The molecule has 2 aromatic rings. The van der Waals surface area contributed by atoms with Crippen molar-refractivity contribution < 1.29 is 9.66 Å². The van der Waals surface area contributed by atoms with Crippen molar-refractivity contribution in [1.82, 2.24) is 4.90 Å². The van der Waals surface area contributed by atoms with Crippen molar-refractivity contribution in [2.24, 2.45) is 0 Å². The van der Waals surface area contributed by atoms with Gasteiger partial charge in [-0.2, -0.15) is 0 Å². The van der Waals surface area contributed by atoms with Gasteiger partial charge in [0.1, 0.15) is 10.7 Å². The number of nitrogens with zero attached hydrogens (tertiary/aromatic N) is 3. The van der Waals surface area contributed by atoms with E-state index in [9.17, 15) is 10.1 Å². The Morgan fingerprint density at radius 1 is 1.12 bits per heavy atom. The van der Waals surface area contributed by atoms with Crippen molar-refractivity contribution in [3.05, 3.63) is 64.2 Å². The summed E-state index contributed by atoms with van der Waals surface area (Å²) in [6.07, 6.45) is 0. The summed E-state index contributed by atoms with van der Waals surface area (Å²) in [5.41, 5.74) is 1.94. The molecule has 0 saturated carbocycles. The third-order valence-corrected chi connectivity index (χ3v) is 4.80. The van der Waals surface area contributed by atoms with Crippen molar-refractivity contribution in [1.29, 1.82) is 0 Å². The first-order valence-electron chi connectivity index (χ1n) is 8.01. The van der Waals surface area contributed by atoms with Crippen molar-refractivity contribution in [3.8, 4) is 5.75 Å². The van der Waals surface area contributed by atoms with Gasteiger partial charge in [-0.1, -0.05) is 24.4 Å². The molecular weight excluding hydrogens is 338 g/mol. The highest BCUT2D eigenvalue weighted by molar-refractivity contribution is 7.80. The minimum atomic E-state index is -0.395. The molecule has 0 N–H and O–H groups in total. The van der Waals surface area contributed by atoms with Gasteiger partial charge < -0.3 is 14.5 Å². The highest BCUT2D eigenvalue weighted by Gasteiger charge is 2.21. The first kappa shape index (κ1) is 17.2. The number of piperazine rings is 1. The summed E-state index contributed by atoms with van der Waals surface area (Å²) in [4.78, 5) is 15.6. The first-order chi connectivity index (χ1) is 12.1. The zero-order valence-corrected chi connectivity index (χ0v) is 14.7. The Kier molecular flexibility index (Phi) is 5.14. The van der Waals surface area contributed by atoms with E-state index in [2.05, 4.69) is 9.80 Å². The molecule has 0 aromatic heterocycles. The predicted octanol–water partition coefficient (Wildman–Crippen LogP) is 3.10. The fourth-order valence-corrected chi connectivity index (χ4v) is 3.21. The van der Waals surface area contributed by atoms with Gasteiger partial charge in [0.15, 0.2) is 0 Å². The van der Waals surface area contributed by atoms with Crippen LogP contribution in [0.3, 0.4) is 0 Å². The zero-order chi connectivity index (χ0) is 17.8. The number of nitro benzene ring substituents is 1. The lowest BCUT2D eigenvalue weighted by Crippen LogP contribution is -2.48. The van der Waals surface area contributed by atoms with E-state index < -0.39 is 4.92 Å². The fraction of sp³-hybridized carbons (Fsp3) is 0.278. The Balaban J connectivity index is 1.64. The van der Waals surface area contributed by atoms with E-state index in [4.69, 9.17) is 17.0 Å². The molecule has 7 heteroatoms. The van der Waals surface area contributed by atoms with Gasteiger partial charge in [-0.3, -0.25) is 10.1 Å². The standard InChI is InChI=1S/C18H19N3O3S/c1-24-17-7-5-15(6-8-17)19-9-11-20(12-10-19)18(25)14-3-2-4-16(13-14)21(22)23/h2-8,13H,9-12H2,1H3. The fourth-order valence-electron chi connectivity index (χ4n) is 2.90. The first-order valence-corrected chi connectivity index (χ1v) is 8.42. The van der Waals surface area contributed by atoms with Crippen LogP contribution in [0, 0.1) is 10.1 Å². The van der Waals surface area contributed by atoms with Crippen LogP contribution in [0.1, 0.15) is 5.56 Å². The van der Waals surface area contributed by atoms with Crippen LogP contribution in [0.5, 0.6) is 5.75 Å². The van der Waals surface area contributed by atoms with E-state index in [0.717, 1.165) is 43.2 Å². The second kappa shape index (κ2) is 7.48. The second-order valence-electron chi connectivity index (χ2n) is 5.78. The zero-order valence-electron chi connectivity index (χ0n) is 13.9. The second-order valence-corrected chi connectivity index (χ2v) is 6.17. The molecule has 0 spiro atoms. The number of thiocarbonyl (C=S) groups is 1. The van der Waals surface area contributed by atoms with E-state index in [0.29, 0.717) is 4.99 Å². The quantitative estimate of drug-likeness (QED) is 0.476. The molecule has 2 aromatic carbocycles. The van der Waals surface area contributed by atoms with Gasteiger partial charge in [-0.25, -0.2) is 0 Å². The van der Waals surface area contributed by atoms with Crippen LogP contribution in [0.2, 0.25) is 0 Å². The van der Waals surface area contributed by atoms with E-state index in [1.54, 1.807) is 13.2 Å². The van der Waals surface area contributed by atoms with Crippen molar-refractivity contribution in [2.45, 2.75) is 0 Å². The minimum absolute atomic E-state index is 0.0664. The van der Waals surface area contributed by atoms with Gasteiger partial charge in [-0.05, 0) is 24.3 Å². The summed E-state index contributed by atoms with van der Waals surface area (Å²) in [5.74, 6) is 0.842. The van der Waals surface area contributed by atoms with E-state index in [1.807, 2.05) is 30.3 Å². The number of ether oxygens (including phenoxy) is 1. The number of rotatable bonds is 4. The molecule has 1 aliphatic rings. The van der Waals surface area contributed by atoms with Crippen molar-refractivity contribution in [2.75, 3.05) is 38.2 Å². The maximum absolute atomic E-state index is 10.9. The molecule has 3 rings (SSSR count). The summed E-state index contributed by atoms with van der Waals surface area (Å²) in [5, 5.41) is 10.9. The molecule has 130 valence electrons. The maximum Gasteiger partial charge on any atom is 0.270 e. The molecule has 25 heavy (non-hydrogen) atoms. The summed E-state index contributed by atoms with van der Waals surface area (Å²) in [7, 11) is 1.66. The third-order valence-electron chi connectivity index (χ3n) is 4.31. The molecule has 6 nitrogen and oxygen atoms in total. The van der Waals surface area contributed by atoms with Crippen molar-refractivity contribution >= 4 is 28.6 Å². The van der Waals surface area contributed by atoms with Crippen LogP contribution >= 0.6 is 12.2 Å². The summed E-state index contributed by atoms with van der Waals surface area (Å²) in [6, 6.07) is 14.5. The topological polar surface area (TPSA) is 58.8 Å². The number of nitro groups is 1. The van der Waals surface area contributed by atoms with Crippen molar-refractivity contribution in [3.63, 3.8) is 0 Å². The smallest absolute Gasteiger partial charge is 0.270 e. The van der Waals surface area contributed by atoms with Crippen LogP contribution in [0.4, 0.5) is 11.4 Å². The van der Waals surface area contributed by atoms with Crippen LogP contribution in [0.25, 0.3) is 0 Å². The average molecular weight is 357 g/mol. The molecule has 1 aliphatic heterocycles. The maximum atomic E-state index is 10.9. The SMILES string of the molecule is COc1ccc(N2CCN(C(=S)c3cccc([N+](=O)[O-])c3)CC2)cc1. The lowest BCUT2D eigenvalue weighted by atomic mass is 10.1. The van der Waals surface area contributed by atoms with E-state index in [1.165, 1.54) is 12.1 Å². The molecule has 1 saturated heterocycles. The molecule has 1 fully saturated rings. The molecule has 0 atom stereocenters. The van der Waals surface area contributed by atoms with Gasteiger partial charge in [0.05, 0.1) is 12.0 Å². The summed E-state index contributed by atoms with van der Waals surface area (Å²) >= 11 is 5.54. The number of hydrogen-bond acceptors (Lipinski definition) is 5. The molecule has 0 unspecified atom stereocenters. The normalized spacial score (nSPS) is 14.3. The largest absolute Gasteiger partial charge is 0.497 e. The van der Waals surface area contributed by atoms with E-state index >= 15 is 0 Å². The number of anilines is 1. The molecule has 1 heterocycles. The summed E-state index contributed by atoms with van der Waals surface area (Å²) < 4.78 is 5.19. The van der Waals surface area contributed by atoms with Crippen LogP contribution in [-0.2, 0) is 0 Å². The van der Waals surface area contributed by atoms with Crippen LogP contribution < -0.4 is 9.64 Å². The van der Waals surface area contributed by atoms with E-state index in [-0.39, 0.29) is 5.69 Å². The number of methoxy groups -OCH3 is 1. The lowest BCUT2D eigenvalue weighted by Gasteiger charge is -2.37. The molecule has 0 aliphatic carbocycles. The van der Waals surface area contributed by atoms with Crippen LogP contribution in [0.15, 0.2) is 48.5 Å². The average Bonchev–Trinajstić information content (AvgIpc) is 2.67. The minimum Gasteiger partial charge on any atom is -0.497 e. The number of benzene rings is 2. The van der Waals surface area contributed by atoms with Gasteiger partial charge in [-0.15, -0.1) is 0 Å². The van der Waals surface area contributed by atoms with Gasteiger partial charge >= 0.3 is 0 Å². The Morgan fingerprint density at radius 2 is 1.80 bits per heavy atom. The van der Waals surface area contributed by atoms with Gasteiger partial charge in [0.25, 0.3) is 5.69 Å². The highest BCUT2D eigenvalue weighted by Crippen LogP contribution is 2.22. The Labute approximate surface area is 151 Å². The lowest BCUT2D eigenvalue weighted by molar-refractivity contribution is -0.384. The Morgan fingerprint density at radius 3 is 2.40 bits per heavy atom. The van der Waals surface area contributed by atoms with Crippen LogP contribution in [-0.4, -0.2) is 48.1 Å². The monoisotopic (exact) mass is 357 g/mol. The van der Waals surface area contributed by atoms with Gasteiger partial charge in [0.2, 0.25) is 0 Å². The Bertz CT molecular complexity index is 771. The molecule has 0 radical (unpaired) electrons.